The Morgan fingerprint density at radius 3 is 1.97 bits per heavy atom. The van der Waals surface area contributed by atoms with E-state index in [-0.39, 0.29) is 12.1 Å². The van der Waals surface area contributed by atoms with Crippen LogP contribution in [0.4, 0.5) is 11.8 Å². The molecule has 0 amide bonds. The number of halogens is 1. The molecule has 3 aromatic heterocycles. The lowest BCUT2D eigenvalue weighted by atomic mass is 10.2. The third kappa shape index (κ3) is 5.50. The van der Waals surface area contributed by atoms with Crippen LogP contribution in [0.5, 0.6) is 0 Å². The van der Waals surface area contributed by atoms with E-state index >= 15 is 0 Å². The molecule has 0 aliphatic carbocycles. The van der Waals surface area contributed by atoms with Gasteiger partial charge in [-0.05, 0) is 52.5 Å². The van der Waals surface area contributed by atoms with E-state index in [4.69, 9.17) is 20.4 Å². The number of anilines is 2. The second-order valence-electron chi connectivity index (χ2n) is 7.14. The summed E-state index contributed by atoms with van der Waals surface area (Å²) in [7, 11) is 8.00. The molecule has 3 aromatic rings. The predicted octanol–water partition coefficient (Wildman–Crippen LogP) is 3.75. The van der Waals surface area contributed by atoms with Crippen LogP contribution in [0.1, 0.15) is 23.6 Å². The highest BCUT2D eigenvalue weighted by molar-refractivity contribution is 6.32. The number of likely N-dealkylation sites (N-methyl/N-ethyl adjacent to an activating group) is 2. The van der Waals surface area contributed by atoms with Gasteiger partial charge in [-0.3, -0.25) is 9.80 Å². The molecule has 156 valence electrons. The van der Waals surface area contributed by atoms with E-state index in [2.05, 4.69) is 30.4 Å². The van der Waals surface area contributed by atoms with E-state index in [1.54, 1.807) is 18.7 Å². The third-order valence-corrected chi connectivity index (χ3v) is 4.93. The Morgan fingerprint density at radius 1 is 0.931 bits per heavy atom. The van der Waals surface area contributed by atoms with Crippen LogP contribution >= 0.6 is 11.6 Å². The highest BCUT2D eigenvalue weighted by Gasteiger charge is 2.19. The molecule has 3 rings (SSSR count). The van der Waals surface area contributed by atoms with Crippen molar-refractivity contribution in [1.82, 2.24) is 19.8 Å². The molecule has 0 bridgehead atoms. The topological polar surface area (TPSA) is 82.6 Å². The van der Waals surface area contributed by atoms with Gasteiger partial charge in [-0.1, -0.05) is 11.6 Å². The molecular formula is C20H27ClN6O2. The number of furan rings is 2. The summed E-state index contributed by atoms with van der Waals surface area (Å²) in [6, 6.07) is 7.77. The van der Waals surface area contributed by atoms with Crippen molar-refractivity contribution >= 4 is 23.4 Å². The minimum Gasteiger partial charge on any atom is -0.468 e. The van der Waals surface area contributed by atoms with Crippen LogP contribution in [-0.4, -0.2) is 61.0 Å². The average molecular weight is 419 g/mol. The smallest absolute Gasteiger partial charge is 0.224 e. The number of nitrogens with zero attached hydrogens (tertiary/aromatic N) is 4. The van der Waals surface area contributed by atoms with Gasteiger partial charge in [0.2, 0.25) is 5.95 Å². The van der Waals surface area contributed by atoms with Crippen molar-refractivity contribution in [2.75, 3.05) is 51.9 Å². The molecule has 0 aliphatic rings. The quantitative estimate of drug-likeness (QED) is 0.515. The summed E-state index contributed by atoms with van der Waals surface area (Å²) >= 11 is 6.30. The normalized spacial score (nSPS) is 13.6. The van der Waals surface area contributed by atoms with E-state index < -0.39 is 0 Å². The Bertz CT molecular complexity index is 867. The second-order valence-corrected chi connectivity index (χ2v) is 7.55. The van der Waals surface area contributed by atoms with Gasteiger partial charge in [-0.15, -0.1) is 0 Å². The third-order valence-electron chi connectivity index (χ3n) is 4.65. The van der Waals surface area contributed by atoms with Crippen LogP contribution < -0.4 is 10.6 Å². The fourth-order valence-corrected chi connectivity index (χ4v) is 3.15. The predicted molar refractivity (Wildman–Crippen MR) is 114 cm³/mol. The van der Waals surface area contributed by atoms with Gasteiger partial charge in [0.25, 0.3) is 0 Å². The molecule has 8 nitrogen and oxygen atoms in total. The van der Waals surface area contributed by atoms with Gasteiger partial charge in [-0.2, -0.15) is 4.98 Å². The van der Waals surface area contributed by atoms with Crippen molar-refractivity contribution in [2.24, 2.45) is 0 Å². The molecular weight excluding hydrogens is 392 g/mol. The maximum Gasteiger partial charge on any atom is 0.224 e. The van der Waals surface area contributed by atoms with Gasteiger partial charge in [0.15, 0.2) is 5.82 Å². The number of rotatable bonds is 10. The lowest BCUT2D eigenvalue weighted by molar-refractivity contribution is 0.269. The minimum absolute atomic E-state index is 0.0458. The number of nitrogens with one attached hydrogen (secondary N) is 2. The Hall–Kier alpha value is -2.55. The molecule has 0 unspecified atom stereocenters. The zero-order valence-electron chi connectivity index (χ0n) is 17.1. The number of hydrogen-bond acceptors (Lipinski definition) is 8. The lowest BCUT2D eigenvalue weighted by Crippen LogP contribution is -2.28. The van der Waals surface area contributed by atoms with E-state index in [9.17, 15) is 0 Å². The van der Waals surface area contributed by atoms with E-state index in [1.165, 1.54) is 0 Å². The summed E-state index contributed by atoms with van der Waals surface area (Å²) in [4.78, 5) is 13.0. The largest absolute Gasteiger partial charge is 0.468 e. The maximum absolute atomic E-state index is 6.30. The van der Waals surface area contributed by atoms with Gasteiger partial charge < -0.3 is 19.5 Å². The summed E-state index contributed by atoms with van der Waals surface area (Å²) in [5.74, 6) is 2.82. The maximum atomic E-state index is 6.30. The molecule has 3 heterocycles. The summed E-state index contributed by atoms with van der Waals surface area (Å²) in [6.07, 6.45) is 4.94. The second kappa shape index (κ2) is 9.78. The molecule has 0 fully saturated rings. The van der Waals surface area contributed by atoms with E-state index in [1.807, 2.05) is 52.5 Å². The molecule has 0 saturated heterocycles. The van der Waals surface area contributed by atoms with Gasteiger partial charge in [0.1, 0.15) is 16.5 Å². The highest BCUT2D eigenvalue weighted by atomic mass is 35.5. The van der Waals surface area contributed by atoms with Crippen LogP contribution in [0.3, 0.4) is 0 Å². The van der Waals surface area contributed by atoms with Crippen LogP contribution in [0.15, 0.2) is 51.8 Å². The fraction of sp³-hybridized carbons (Fsp3) is 0.400. The fourth-order valence-electron chi connectivity index (χ4n) is 2.99. The number of aromatic nitrogens is 2. The van der Waals surface area contributed by atoms with E-state index in [0.717, 1.165) is 11.5 Å². The van der Waals surface area contributed by atoms with Gasteiger partial charge >= 0.3 is 0 Å². The molecule has 0 radical (unpaired) electrons. The first kappa shape index (κ1) is 21.2. The van der Waals surface area contributed by atoms with Gasteiger partial charge in [0.05, 0.1) is 30.8 Å². The summed E-state index contributed by atoms with van der Waals surface area (Å²) in [6.45, 7) is 1.18. The summed E-state index contributed by atoms with van der Waals surface area (Å²) < 4.78 is 11.1. The SMILES string of the molecule is CN(C)[C@H](CNc1nc(NC[C@@H](c2ccco2)N(C)C)ncc1Cl)c1ccco1. The van der Waals surface area contributed by atoms with Crippen LogP contribution in [0.25, 0.3) is 0 Å². The first-order valence-electron chi connectivity index (χ1n) is 9.35. The number of hydrogen-bond donors (Lipinski definition) is 2. The molecule has 29 heavy (non-hydrogen) atoms. The molecule has 0 aromatic carbocycles. The standard InChI is InChI=1S/C20H27ClN6O2/c1-26(2)15(17-7-5-9-28-17)12-22-19-14(21)11-23-20(25-19)24-13-16(27(3)4)18-8-6-10-29-18/h5-11,15-16H,12-13H2,1-4H3,(H2,22,23,24,25)/t15-,16+/m1/s1. The monoisotopic (exact) mass is 418 g/mol. The molecule has 2 atom stereocenters. The average Bonchev–Trinajstić information content (AvgIpc) is 3.38. The Kier molecular flexibility index (Phi) is 7.13. The lowest BCUT2D eigenvalue weighted by Gasteiger charge is -2.24. The van der Waals surface area contributed by atoms with Crippen molar-refractivity contribution in [2.45, 2.75) is 12.1 Å². The van der Waals surface area contributed by atoms with Crippen molar-refractivity contribution in [3.63, 3.8) is 0 Å². The summed E-state index contributed by atoms with van der Waals surface area (Å²) in [5, 5.41) is 7.04. The molecule has 9 heteroatoms. The Morgan fingerprint density at radius 2 is 1.48 bits per heavy atom. The molecule has 0 saturated carbocycles. The van der Waals surface area contributed by atoms with Crippen molar-refractivity contribution in [3.8, 4) is 0 Å². The van der Waals surface area contributed by atoms with Crippen LogP contribution in [0.2, 0.25) is 5.02 Å². The zero-order chi connectivity index (χ0) is 20.8. The van der Waals surface area contributed by atoms with Gasteiger partial charge in [-0.25, -0.2) is 4.98 Å². The van der Waals surface area contributed by atoms with Crippen molar-refractivity contribution < 1.29 is 8.83 Å². The Balaban J connectivity index is 1.66. The van der Waals surface area contributed by atoms with Crippen molar-refractivity contribution in [3.05, 3.63) is 59.5 Å². The van der Waals surface area contributed by atoms with Crippen molar-refractivity contribution in [1.29, 1.82) is 0 Å². The first-order chi connectivity index (χ1) is 14.0. The van der Waals surface area contributed by atoms with Gasteiger partial charge in [0, 0.05) is 13.1 Å². The molecule has 0 aliphatic heterocycles. The molecule has 0 spiro atoms. The summed E-state index contributed by atoms with van der Waals surface area (Å²) in [5.41, 5.74) is 0. The highest BCUT2D eigenvalue weighted by Crippen LogP contribution is 2.24. The molecule has 2 N–H and O–H groups in total. The van der Waals surface area contributed by atoms with Crippen LogP contribution in [0, 0.1) is 0 Å². The Labute approximate surface area is 175 Å². The van der Waals surface area contributed by atoms with E-state index in [0.29, 0.717) is 29.9 Å². The first-order valence-corrected chi connectivity index (χ1v) is 9.73. The van der Waals surface area contributed by atoms with Crippen LogP contribution in [-0.2, 0) is 0 Å². The minimum atomic E-state index is 0.0458. The zero-order valence-corrected chi connectivity index (χ0v) is 17.8.